The van der Waals surface area contributed by atoms with E-state index in [1.54, 1.807) is 7.11 Å². The number of anilines is 1. The van der Waals surface area contributed by atoms with Crippen LogP contribution in [0.15, 0.2) is 84.9 Å². The molecular weight excluding hydrogens is 474 g/mol. The molecule has 0 aromatic heterocycles. The lowest BCUT2D eigenvalue weighted by atomic mass is 10.2. The van der Waals surface area contributed by atoms with E-state index in [1.807, 2.05) is 89.8 Å². The van der Waals surface area contributed by atoms with Crippen LogP contribution in [0.4, 0.5) is 10.5 Å². The van der Waals surface area contributed by atoms with E-state index >= 15 is 0 Å². The summed E-state index contributed by atoms with van der Waals surface area (Å²) in [7, 11) is 2.64. The van der Waals surface area contributed by atoms with Gasteiger partial charge < -0.3 is 25.4 Å². The van der Waals surface area contributed by atoms with Crippen molar-refractivity contribution in [3.05, 3.63) is 96.1 Å². The number of hydrogen-bond donors (Lipinski definition) is 3. The van der Waals surface area contributed by atoms with E-state index in [4.69, 9.17) is 9.84 Å². The van der Waals surface area contributed by atoms with Gasteiger partial charge in [0.1, 0.15) is 5.75 Å². The Morgan fingerprint density at radius 2 is 1.26 bits per heavy atom. The number of carbonyl (C=O) groups excluding carboxylic acids is 1. The summed E-state index contributed by atoms with van der Waals surface area (Å²) in [5.41, 5.74) is 2.91. The smallest absolute Gasteiger partial charge is 0.321 e. The van der Waals surface area contributed by atoms with Crippen molar-refractivity contribution in [2.24, 2.45) is 0 Å². The Morgan fingerprint density at radius 3 is 1.79 bits per heavy atom. The molecule has 0 spiro atoms. The van der Waals surface area contributed by atoms with E-state index in [0.29, 0.717) is 0 Å². The molecule has 0 atom stereocenters. The minimum Gasteiger partial charge on any atom is -0.497 e. The number of methoxy groups -OCH3 is 1. The highest BCUT2D eigenvalue weighted by atomic mass is 16.5. The zero-order chi connectivity index (χ0) is 27.3. The number of benzene rings is 3. The third-order valence-electron chi connectivity index (χ3n) is 5.84. The van der Waals surface area contributed by atoms with Crippen molar-refractivity contribution in [3.63, 3.8) is 0 Å². The first-order chi connectivity index (χ1) is 18.7. The van der Waals surface area contributed by atoms with Crippen molar-refractivity contribution in [2.75, 3.05) is 45.7 Å². The van der Waals surface area contributed by atoms with Gasteiger partial charge in [-0.2, -0.15) is 0 Å². The molecule has 1 fully saturated rings. The molecule has 0 unspecified atom stereocenters. The molecule has 6 heteroatoms. The molecule has 0 radical (unpaired) electrons. The van der Waals surface area contributed by atoms with E-state index in [1.165, 1.54) is 12.8 Å². The number of aliphatic hydroxyl groups is 1. The van der Waals surface area contributed by atoms with Crippen molar-refractivity contribution < 1.29 is 14.6 Å². The molecule has 202 valence electrons. The molecule has 3 aromatic rings. The Labute approximate surface area is 228 Å². The van der Waals surface area contributed by atoms with Gasteiger partial charge >= 0.3 is 6.03 Å². The maximum atomic E-state index is 12.4. The molecule has 2 amide bonds. The summed E-state index contributed by atoms with van der Waals surface area (Å²) in [5.74, 6) is 7.01. The average Bonchev–Trinajstić information content (AvgIpc) is 3.05. The maximum Gasteiger partial charge on any atom is 0.321 e. The standard InChI is InChI=1S/C17H27N3O2.C14H10.CH4O/c1-22-16-9-7-15(8-10-16)19-17(21)20-13-5-2-3-11-18-12-4-6-14-20;1-3-7-13(8-4-1)11-12-14-9-5-2-6-10-14;1-2/h7-10,18H,2-6,11-14H2,1H3,(H,19,21);1-10H;2H,1H3. The van der Waals surface area contributed by atoms with Gasteiger partial charge in [0.05, 0.1) is 7.11 Å². The number of nitrogens with zero attached hydrogens (tertiary/aromatic N) is 1. The van der Waals surface area contributed by atoms with E-state index in [0.717, 1.165) is 75.1 Å². The monoisotopic (exact) mass is 515 g/mol. The lowest BCUT2D eigenvalue weighted by Crippen LogP contribution is -2.36. The number of carbonyl (C=O) groups is 1. The number of aliphatic hydroxyl groups excluding tert-OH is 1. The zero-order valence-electron chi connectivity index (χ0n) is 22.7. The number of nitrogens with one attached hydrogen (secondary N) is 2. The van der Waals surface area contributed by atoms with Crippen LogP contribution in [0, 0.1) is 11.8 Å². The average molecular weight is 516 g/mol. The van der Waals surface area contributed by atoms with Crippen LogP contribution in [0.1, 0.15) is 43.2 Å². The molecule has 1 aliphatic rings. The molecule has 1 saturated heterocycles. The van der Waals surface area contributed by atoms with Gasteiger partial charge in [-0.1, -0.05) is 54.7 Å². The van der Waals surface area contributed by atoms with Gasteiger partial charge in [-0.3, -0.25) is 0 Å². The van der Waals surface area contributed by atoms with Crippen molar-refractivity contribution >= 4 is 11.7 Å². The highest BCUT2D eigenvalue weighted by Gasteiger charge is 2.13. The number of rotatable bonds is 2. The van der Waals surface area contributed by atoms with E-state index in [9.17, 15) is 4.79 Å². The molecule has 0 aliphatic carbocycles. The number of ether oxygens (including phenoxy) is 1. The van der Waals surface area contributed by atoms with E-state index < -0.39 is 0 Å². The molecule has 1 aliphatic heterocycles. The quantitative estimate of drug-likeness (QED) is 0.379. The lowest BCUT2D eigenvalue weighted by molar-refractivity contribution is 0.209. The van der Waals surface area contributed by atoms with Crippen molar-refractivity contribution in [3.8, 4) is 17.6 Å². The first-order valence-corrected chi connectivity index (χ1v) is 13.2. The van der Waals surface area contributed by atoms with Crippen LogP contribution < -0.4 is 15.4 Å². The largest absolute Gasteiger partial charge is 0.497 e. The number of hydrogen-bond acceptors (Lipinski definition) is 4. The maximum absolute atomic E-state index is 12.4. The summed E-state index contributed by atoms with van der Waals surface area (Å²) in [6.45, 7) is 3.80. The Kier molecular flexibility index (Phi) is 15.5. The molecular formula is C32H41N3O3. The van der Waals surface area contributed by atoms with Crippen molar-refractivity contribution in [1.29, 1.82) is 0 Å². The Balaban J connectivity index is 0.000000272. The van der Waals surface area contributed by atoms with E-state index in [2.05, 4.69) is 22.5 Å². The fourth-order valence-corrected chi connectivity index (χ4v) is 3.79. The van der Waals surface area contributed by atoms with Gasteiger partial charge in [-0.05, 0) is 87.3 Å². The Bertz CT molecular complexity index is 1020. The first-order valence-electron chi connectivity index (χ1n) is 13.2. The summed E-state index contributed by atoms with van der Waals surface area (Å²) in [6, 6.07) is 27.5. The third-order valence-corrected chi connectivity index (χ3v) is 5.84. The second-order valence-corrected chi connectivity index (χ2v) is 8.65. The van der Waals surface area contributed by atoms with Gasteiger partial charge in [0, 0.05) is 37.0 Å². The molecule has 1 heterocycles. The van der Waals surface area contributed by atoms with Crippen LogP contribution in [0.25, 0.3) is 0 Å². The van der Waals surface area contributed by atoms with Gasteiger partial charge in [0.2, 0.25) is 0 Å². The van der Waals surface area contributed by atoms with Crippen LogP contribution in [0.3, 0.4) is 0 Å². The predicted molar refractivity (Wildman–Crippen MR) is 157 cm³/mol. The highest BCUT2D eigenvalue weighted by Crippen LogP contribution is 2.16. The fraction of sp³-hybridized carbons (Fsp3) is 0.344. The first kappa shape index (κ1) is 30.4. The van der Waals surface area contributed by atoms with Crippen LogP contribution in [0.5, 0.6) is 5.75 Å². The topological polar surface area (TPSA) is 73.8 Å². The van der Waals surface area contributed by atoms with Crippen molar-refractivity contribution in [2.45, 2.75) is 32.1 Å². The summed E-state index contributed by atoms with van der Waals surface area (Å²) in [6.07, 6.45) is 5.58. The Morgan fingerprint density at radius 1 is 0.763 bits per heavy atom. The molecule has 38 heavy (non-hydrogen) atoms. The summed E-state index contributed by atoms with van der Waals surface area (Å²) in [4.78, 5) is 14.4. The summed E-state index contributed by atoms with van der Waals surface area (Å²) < 4.78 is 5.13. The summed E-state index contributed by atoms with van der Waals surface area (Å²) >= 11 is 0. The number of urea groups is 1. The minimum atomic E-state index is -0.00243. The molecule has 4 rings (SSSR count). The Hall–Kier alpha value is -3.79. The number of amides is 2. The highest BCUT2D eigenvalue weighted by molar-refractivity contribution is 5.89. The second kappa shape index (κ2) is 19.3. The minimum absolute atomic E-state index is 0.00243. The molecule has 0 bridgehead atoms. The SMILES string of the molecule is C(#Cc1ccccc1)c1ccccc1.CO.COc1ccc(NC(=O)N2CCCCCNCCCC2)cc1. The van der Waals surface area contributed by atoms with Gasteiger partial charge in [0.15, 0.2) is 0 Å². The van der Waals surface area contributed by atoms with Crippen LogP contribution in [0.2, 0.25) is 0 Å². The normalized spacial score (nSPS) is 13.5. The third kappa shape index (κ3) is 12.4. The second-order valence-electron chi connectivity index (χ2n) is 8.65. The van der Waals surface area contributed by atoms with Crippen molar-refractivity contribution in [1.82, 2.24) is 10.2 Å². The van der Waals surface area contributed by atoms with Gasteiger partial charge in [-0.15, -0.1) is 0 Å². The van der Waals surface area contributed by atoms with Gasteiger partial charge in [0.25, 0.3) is 0 Å². The predicted octanol–water partition coefficient (Wildman–Crippen LogP) is 5.78. The van der Waals surface area contributed by atoms with Crippen LogP contribution >= 0.6 is 0 Å². The van der Waals surface area contributed by atoms with E-state index in [-0.39, 0.29) is 6.03 Å². The molecule has 3 aromatic carbocycles. The molecule has 6 nitrogen and oxygen atoms in total. The lowest BCUT2D eigenvalue weighted by Gasteiger charge is -2.23. The van der Waals surface area contributed by atoms with Crippen LogP contribution in [-0.2, 0) is 0 Å². The molecule has 3 N–H and O–H groups in total. The summed E-state index contributed by atoms with van der Waals surface area (Å²) in [5, 5.41) is 13.4. The zero-order valence-corrected chi connectivity index (χ0v) is 22.7. The van der Waals surface area contributed by atoms with Gasteiger partial charge in [-0.25, -0.2) is 4.79 Å². The fourth-order valence-electron chi connectivity index (χ4n) is 3.79. The molecule has 0 saturated carbocycles. The van der Waals surface area contributed by atoms with Crippen LogP contribution in [-0.4, -0.2) is 56.4 Å².